The van der Waals surface area contributed by atoms with Gasteiger partial charge in [-0.05, 0) is 36.4 Å². The summed E-state index contributed by atoms with van der Waals surface area (Å²) in [5.74, 6) is 0.225. The maximum Gasteiger partial charge on any atom is 0.265 e. The van der Waals surface area contributed by atoms with E-state index in [2.05, 4.69) is 20.2 Å². The normalized spacial score (nSPS) is 13.7. The Hall–Kier alpha value is -3.88. The van der Waals surface area contributed by atoms with Crippen LogP contribution in [0.3, 0.4) is 0 Å². The summed E-state index contributed by atoms with van der Waals surface area (Å²) < 4.78 is 18.4. The number of H-pyrrole nitrogens is 1. The summed E-state index contributed by atoms with van der Waals surface area (Å²) in [7, 11) is 1.65. The molecule has 1 aliphatic heterocycles. The summed E-state index contributed by atoms with van der Waals surface area (Å²) in [6, 6.07) is 13.1. The molecule has 1 fully saturated rings. The van der Waals surface area contributed by atoms with E-state index in [4.69, 9.17) is 4.74 Å². The molecule has 3 aromatic rings. The van der Waals surface area contributed by atoms with Crippen LogP contribution in [0.5, 0.6) is 5.75 Å². The quantitative estimate of drug-likeness (QED) is 0.655. The summed E-state index contributed by atoms with van der Waals surface area (Å²) >= 11 is 0. The van der Waals surface area contributed by atoms with Crippen LogP contribution in [0.4, 0.5) is 21.7 Å². The van der Waals surface area contributed by atoms with Gasteiger partial charge in [0.1, 0.15) is 17.1 Å². The van der Waals surface area contributed by atoms with E-state index < -0.39 is 17.3 Å². The molecule has 2 N–H and O–H groups in total. The van der Waals surface area contributed by atoms with Crippen molar-refractivity contribution in [1.82, 2.24) is 9.97 Å². The number of aromatic nitrogens is 2. The van der Waals surface area contributed by atoms with Crippen LogP contribution in [0.25, 0.3) is 0 Å². The van der Waals surface area contributed by atoms with Crippen LogP contribution in [0.2, 0.25) is 0 Å². The fourth-order valence-corrected chi connectivity index (χ4v) is 3.49. The van der Waals surface area contributed by atoms with Gasteiger partial charge < -0.3 is 19.9 Å². The standard InChI is InChI=1S/C22H22FN5O3/c1-31-19-5-3-2-4-18(19)27-10-12-28(13-11-27)22-24-14-17(21(30)26-22)20(29)25-16-8-6-15(23)7-9-16/h2-9,14H,10-13H2,1H3,(H,25,29)(H,24,26,30). The topological polar surface area (TPSA) is 90.6 Å². The van der Waals surface area contributed by atoms with Crippen LogP contribution < -0.4 is 25.4 Å². The molecule has 9 heteroatoms. The molecule has 0 atom stereocenters. The highest BCUT2D eigenvalue weighted by Crippen LogP contribution is 2.28. The molecule has 1 aromatic heterocycles. The Morgan fingerprint density at radius 3 is 2.42 bits per heavy atom. The Balaban J connectivity index is 1.42. The number of hydrogen-bond acceptors (Lipinski definition) is 6. The molecule has 2 aromatic carbocycles. The SMILES string of the molecule is COc1ccccc1N1CCN(c2ncc(C(=O)Nc3ccc(F)cc3)c(=O)[nH]2)CC1. The van der Waals surface area contributed by atoms with Gasteiger partial charge in [0, 0.05) is 38.1 Å². The van der Waals surface area contributed by atoms with Gasteiger partial charge in [-0.1, -0.05) is 12.1 Å². The molecule has 0 radical (unpaired) electrons. The number of carbonyl (C=O) groups is 1. The lowest BCUT2D eigenvalue weighted by Crippen LogP contribution is -2.47. The first kappa shape index (κ1) is 20.4. The Kier molecular flexibility index (Phi) is 5.83. The Morgan fingerprint density at radius 2 is 1.74 bits per heavy atom. The first-order valence-corrected chi connectivity index (χ1v) is 9.84. The molecule has 0 saturated carbocycles. The number of aromatic amines is 1. The summed E-state index contributed by atoms with van der Waals surface area (Å²) in [5.41, 5.74) is 0.777. The Morgan fingerprint density at radius 1 is 1.06 bits per heavy atom. The lowest BCUT2D eigenvalue weighted by molar-refractivity contribution is 0.102. The highest BCUT2D eigenvalue weighted by molar-refractivity contribution is 6.03. The second-order valence-electron chi connectivity index (χ2n) is 7.06. The number of methoxy groups -OCH3 is 1. The van der Waals surface area contributed by atoms with Crippen LogP contribution in [0.1, 0.15) is 10.4 Å². The van der Waals surface area contributed by atoms with Crippen LogP contribution in [-0.2, 0) is 0 Å². The minimum absolute atomic E-state index is 0.110. The Bertz CT molecular complexity index is 1120. The molecule has 0 unspecified atom stereocenters. The number of nitrogens with one attached hydrogen (secondary N) is 2. The number of anilines is 3. The van der Waals surface area contributed by atoms with Crippen molar-refractivity contribution in [2.24, 2.45) is 0 Å². The predicted octanol–water partition coefficient (Wildman–Crippen LogP) is 2.50. The fourth-order valence-electron chi connectivity index (χ4n) is 3.49. The molecule has 1 amide bonds. The van der Waals surface area contributed by atoms with Crippen LogP contribution >= 0.6 is 0 Å². The van der Waals surface area contributed by atoms with Gasteiger partial charge in [0.05, 0.1) is 12.8 Å². The van der Waals surface area contributed by atoms with Gasteiger partial charge in [0.15, 0.2) is 0 Å². The van der Waals surface area contributed by atoms with Crippen molar-refractivity contribution in [3.05, 3.63) is 76.5 Å². The zero-order chi connectivity index (χ0) is 21.8. The molecule has 1 saturated heterocycles. The number of rotatable bonds is 5. The third kappa shape index (κ3) is 4.50. The molecule has 8 nitrogen and oxygen atoms in total. The van der Waals surface area contributed by atoms with Gasteiger partial charge in [0.25, 0.3) is 11.5 Å². The smallest absolute Gasteiger partial charge is 0.265 e. The summed E-state index contributed by atoms with van der Waals surface area (Å²) in [4.78, 5) is 36.0. The molecule has 1 aliphatic rings. The third-order valence-electron chi connectivity index (χ3n) is 5.14. The highest BCUT2D eigenvalue weighted by Gasteiger charge is 2.22. The number of halogens is 1. The second kappa shape index (κ2) is 8.86. The van der Waals surface area contributed by atoms with E-state index in [-0.39, 0.29) is 5.56 Å². The average Bonchev–Trinajstić information content (AvgIpc) is 2.80. The van der Waals surface area contributed by atoms with Crippen molar-refractivity contribution in [2.75, 3.05) is 48.4 Å². The fraction of sp³-hybridized carbons (Fsp3) is 0.227. The number of hydrogen-bond donors (Lipinski definition) is 2. The number of piperazine rings is 1. The second-order valence-corrected chi connectivity index (χ2v) is 7.06. The van der Waals surface area contributed by atoms with Gasteiger partial charge in [-0.3, -0.25) is 14.6 Å². The number of carbonyl (C=O) groups excluding carboxylic acids is 1. The minimum Gasteiger partial charge on any atom is -0.495 e. The summed E-state index contributed by atoms with van der Waals surface area (Å²) in [6.07, 6.45) is 1.26. The molecule has 0 bridgehead atoms. The van der Waals surface area contributed by atoms with Crippen LogP contribution in [0.15, 0.2) is 59.5 Å². The number of ether oxygens (including phenoxy) is 1. The van der Waals surface area contributed by atoms with Gasteiger partial charge in [0.2, 0.25) is 5.95 Å². The van der Waals surface area contributed by atoms with Crippen molar-refractivity contribution in [3.63, 3.8) is 0 Å². The molecular weight excluding hydrogens is 401 g/mol. The van der Waals surface area contributed by atoms with Crippen LogP contribution in [-0.4, -0.2) is 49.2 Å². The maximum absolute atomic E-state index is 13.0. The molecule has 0 aliphatic carbocycles. The molecule has 2 heterocycles. The molecular formula is C22H22FN5O3. The van der Waals surface area contributed by atoms with Crippen molar-refractivity contribution >= 4 is 23.2 Å². The number of nitrogens with zero attached hydrogens (tertiary/aromatic N) is 3. The number of amides is 1. The van der Waals surface area contributed by atoms with Crippen molar-refractivity contribution < 1.29 is 13.9 Å². The third-order valence-corrected chi connectivity index (χ3v) is 5.14. The molecule has 160 valence electrons. The van der Waals surface area contributed by atoms with Gasteiger partial charge in [-0.15, -0.1) is 0 Å². The first-order chi connectivity index (χ1) is 15.0. The molecule has 31 heavy (non-hydrogen) atoms. The number of para-hydroxylation sites is 2. The predicted molar refractivity (Wildman–Crippen MR) is 117 cm³/mol. The van der Waals surface area contributed by atoms with Gasteiger partial charge in [-0.2, -0.15) is 0 Å². The monoisotopic (exact) mass is 423 g/mol. The van der Waals surface area contributed by atoms with E-state index in [1.165, 1.54) is 30.5 Å². The molecule has 0 spiro atoms. The lowest BCUT2D eigenvalue weighted by atomic mass is 10.2. The lowest BCUT2D eigenvalue weighted by Gasteiger charge is -2.36. The van der Waals surface area contributed by atoms with Gasteiger partial charge >= 0.3 is 0 Å². The largest absolute Gasteiger partial charge is 0.495 e. The van der Waals surface area contributed by atoms with E-state index in [1.54, 1.807) is 7.11 Å². The van der Waals surface area contributed by atoms with E-state index in [9.17, 15) is 14.0 Å². The average molecular weight is 423 g/mol. The van der Waals surface area contributed by atoms with E-state index in [1.807, 2.05) is 29.2 Å². The van der Waals surface area contributed by atoms with E-state index >= 15 is 0 Å². The highest BCUT2D eigenvalue weighted by atomic mass is 19.1. The van der Waals surface area contributed by atoms with Crippen molar-refractivity contribution in [2.45, 2.75) is 0 Å². The van der Waals surface area contributed by atoms with Crippen LogP contribution in [0, 0.1) is 5.82 Å². The van der Waals surface area contributed by atoms with Gasteiger partial charge in [-0.25, -0.2) is 9.37 Å². The molecule has 4 rings (SSSR count). The zero-order valence-corrected chi connectivity index (χ0v) is 17.0. The zero-order valence-electron chi connectivity index (χ0n) is 17.0. The summed E-state index contributed by atoms with van der Waals surface area (Å²) in [6.45, 7) is 2.78. The first-order valence-electron chi connectivity index (χ1n) is 9.84. The van der Waals surface area contributed by atoms with Crippen molar-refractivity contribution in [1.29, 1.82) is 0 Å². The number of benzene rings is 2. The van der Waals surface area contributed by atoms with Crippen molar-refractivity contribution in [3.8, 4) is 5.75 Å². The minimum atomic E-state index is -0.604. The summed E-state index contributed by atoms with van der Waals surface area (Å²) in [5, 5.41) is 2.56. The maximum atomic E-state index is 13.0. The van der Waals surface area contributed by atoms with E-state index in [0.717, 1.165) is 24.5 Å². The van der Waals surface area contributed by atoms with E-state index in [0.29, 0.717) is 24.7 Å². The Labute approximate surface area is 178 Å².